The Morgan fingerprint density at radius 3 is 2.26 bits per heavy atom. The van der Waals surface area contributed by atoms with Crippen molar-refractivity contribution in [1.82, 2.24) is 15.0 Å². The first-order valence-corrected chi connectivity index (χ1v) is 7.07. The summed E-state index contributed by atoms with van der Waals surface area (Å²) in [5, 5.41) is 8.44. The van der Waals surface area contributed by atoms with Crippen molar-refractivity contribution in [2.45, 2.75) is 0 Å². The van der Waals surface area contributed by atoms with E-state index in [0.29, 0.717) is 0 Å². The molecular formula is C18H15N3O2. The van der Waals surface area contributed by atoms with Crippen molar-refractivity contribution >= 4 is 12.0 Å². The number of nitrogens with zero attached hydrogens (tertiary/aromatic N) is 2. The monoisotopic (exact) mass is 305 g/mol. The van der Waals surface area contributed by atoms with E-state index in [2.05, 4.69) is 17.1 Å². The number of amides is 1. The highest BCUT2D eigenvalue weighted by Gasteiger charge is 2.00. The van der Waals surface area contributed by atoms with Gasteiger partial charge in [0.15, 0.2) is 0 Å². The van der Waals surface area contributed by atoms with E-state index >= 15 is 0 Å². The number of carbonyl (C=O) groups is 1. The average Bonchev–Trinajstić information content (AvgIpc) is 3.15. The molecule has 2 N–H and O–H groups in total. The molecule has 3 rings (SSSR count). The van der Waals surface area contributed by atoms with Crippen molar-refractivity contribution < 1.29 is 10.0 Å². The van der Waals surface area contributed by atoms with E-state index in [4.69, 9.17) is 5.21 Å². The number of imidazole rings is 1. The molecule has 23 heavy (non-hydrogen) atoms. The third-order valence-electron chi connectivity index (χ3n) is 3.45. The van der Waals surface area contributed by atoms with Crippen molar-refractivity contribution in [3.63, 3.8) is 0 Å². The molecule has 0 radical (unpaired) electrons. The average molecular weight is 305 g/mol. The lowest BCUT2D eigenvalue weighted by Gasteiger charge is -2.05. The number of hydrogen-bond acceptors (Lipinski definition) is 3. The molecule has 114 valence electrons. The van der Waals surface area contributed by atoms with E-state index in [1.54, 1.807) is 24.1 Å². The predicted octanol–water partition coefficient (Wildman–Crippen LogP) is 3.06. The normalized spacial score (nSPS) is 10.8. The van der Waals surface area contributed by atoms with Gasteiger partial charge in [-0.1, -0.05) is 36.4 Å². The van der Waals surface area contributed by atoms with E-state index in [9.17, 15) is 4.79 Å². The van der Waals surface area contributed by atoms with Gasteiger partial charge in [-0.05, 0) is 34.9 Å². The van der Waals surface area contributed by atoms with Crippen LogP contribution in [0.25, 0.3) is 22.9 Å². The summed E-state index contributed by atoms with van der Waals surface area (Å²) in [5.41, 5.74) is 5.69. The predicted molar refractivity (Wildman–Crippen MR) is 88.0 cm³/mol. The molecule has 0 aliphatic carbocycles. The molecule has 3 aromatic rings. The van der Waals surface area contributed by atoms with Crippen LogP contribution in [0.15, 0.2) is 73.3 Å². The highest BCUT2D eigenvalue weighted by Crippen LogP contribution is 2.21. The molecule has 0 unspecified atom stereocenters. The Labute approximate surface area is 133 Å². The summed E-state index contributed by atoms with van der Waals surface area (Å²) in [4.78, 5) is 15.0. The van der Waals surface area contributed by atoms with Crippen molar-refractivity contribution in [3.8, 4) is 16.8 Å². The molecule has 0 bridgehead atoms. The summed E-state index contributed by atoms with van der Waals surface area (Å²) in [7, 11) is 0. The molecule has 0 fully saturated rings. The Balaban J connectivity index is 1.77. The van der Waals surface area contributed by atoms with Crippen LogP contribution >= 0.6 is 0 Å². The Morgan fingerprint density at radius 2 is 1.70 bits per heavy atom. The summed E-state index contributed by atoms with van der Waals surface area (Å²) in [6.07, 6.45) is 8.32. The van der Waals surface area contributed by atoms with Gasteiger partial charge in [0, 0.05) is 24.2 Å². The molecule has 0 aliphatic rings. The lowest BCUT2D eigenvalue weighted by Crippen LogP contribution is -2.14. The van der Waals surface area contributed by atoms with E-state index in [0.717, 1.165) is 22.4 Å². The molecule has 1 amide bonds. The summed E-state index contributed by atoms with van der Waals surface area (Å²) in [6, 6.07) is 16.0. The summed E-state index contributed by atoms with van der Waals surface area (Å²) < 4.78 is 1.95. The topological polar surface area (TPSA) is 67.2 Å². The summed E-state index contributed by atoms with van der Waals surface area (Å²) in [6.45, 7) is 0. The molecule has 0 atom stereocenters. The largest absolute Gasteiger partial charge is 0.306 e. The van der Waals surface area contributed by atoms with Crippen LogP contribution in [0.3, 0.4) is 0 Å². The summed E-state index contributed by atoms with van der Waals surface area (Å²) >= 11 is 0. The molecule has 0 spiro atoms. The van der Waals surface area contributed by atoms with Gasteiger partial charge < -0.3 is 4.57 Å². The van der Waals surface area contributed by atoms with Gasteiger partial charge in [0.25, 0.3) is 5.91 Å². The Bertz CT molecular complexity index is 804. The number of benzene rings is 2. The van der Waals surface area contributed by atoms with Crippen molar-refractivity contribution in [2.75, 3.05) is 0 Å². The minimum absolute atomic E-state index is 0.552. The highest BCUT2D eigenvalue weighted by molar-refractivity contribution is 5.90. The molecule has 5 heteroatoms. The maximum atomic E-state index is 10.9. The SMILES string of the molecule is O=C(/C=C/c1ccc(-c2ccc(-n3ccnc3)cc2)cc1)NO. The van der Waals surface area contributed by atoms with Gasteiger partial charge in [-0.25, -0.2) is 10.5 Å². The highest BCUT2D eigenvalue weighted by atomic mass is 16.5. The fourth-order valence-corrected chi connectivity index (χ4v) is 2.23. The van der Waals surface area contributed by atoms with Crippen LogP contribution in [0.2, 0.25) is 0 Å². The Kier molecular flexibility index (Phi) is 4.31. The second-order valence-corrected chi connectivity index (χ2v) is 4.95. The van der Waals surface area contributed by atoms with E-state index < -0.39 is 5.91 Å². The number of rotatable bonds is 4. The zero-order valence-electron chi connectivity index (χ0n) is 12.3. The van der Waals surface area contributed by atoms with Crippen LogP contribution in [0.4, 0.5) is 0 Å². The Hall–Kier alpha value is -3.18. The maximum absolute atomic E-state index is 10.9. The first-order valence-electron chi connectivity index (χ1n) is 7.07. The van der Waals surface area contributed by atoms with E-state index in [-0.39, 0.29) is 0 Å². The van der Waals surface area contributed by atoms with Gasteiger partial charge in [0.05, 0.1) is 6.33 Å². The third-order valence-corrected chi connectivity index (χ3v) is 3.45. The molecule has 0 saturated carbocycles. The lowest BCUT2D eigenvalue weighted by molar-refractivity contribution is -0.124. The van der Waals surface area contributed by atoms with Gasteiger partial charge in [-0.2, -0.15) is 0 Å². The minimum Gasteiger partial charge on any atom is -0.306 e. The number of carbonyl (C=O) groups excluding carboxylic acids is 1. The van der Waals surface area contributed by atoms with Crippen LogP contribution in [0.1, 0.15) is 5.56 Å². The first-order chi connectivity index (χ1) is 11.3. The van der Waals surface area contributed by atoms with Crippen LogP contribution in [0.5, 0.6) is 0 Å². The number of hydrogen-bond donors (Lipinski definition) is 2. The summed E-state index contributed by atoms with van der Waals surface area (Å²) in [5.74, 6) is -0.552. The lowest BCUT2D eigenvalue weighted by atomic mass is 10.0. The van der Waals surface area contributed by atoms with Crippen LogP contribution < -0.4 is 5.48 Å². The third kappa shape index (κ3) is 3.53. The number of aromatic nitrogens is 2. The van der Waals surface area contributed by atoms with Gasteiger partial charge >= 0.3 is 0 Å². The zero-order chi connectivity index (χ0) is 16.1. The van der Waals surface area contributed by atoms with Gasteiger partial charge in [0.1, 0.15) is 0 Å². The van der Waals surface area contributed by atoms with E-state index in [1.165, 1.54) is 6.08 Å². The molecule has 0 saturated heterocycles. The van der Waals surface area contributed by atoms with E-state index in [1.807, 2.05) is 47.2 Å². The second-order valence-electron chi connectivity index (χ2n) is 4.95. The zero-order valence-corrected chi connectivity index (χ0v) is 12.3. The molecule has 5 nitrogen and oxygen atoms in total. The quantitative estimate of drug-likeness (QED) is 0.442. The number of hydroxylamine groups is 1. The number of nitrogens with one attached hydrogen (secondary N) is 1. The minimum atomic E-state index is -0.552. The van der Waals surface area contributed by atoms with Gasteiger partial charge in [0.2, 0.25) is 0 Å². The second kappa shape index (κ2) is 6.72. The van der Waals surface area contributed by atoms with Gasteiger partial charge in [-0.15, -0.1) is 0 Å². The van der Waals surface area contributed by atoms with Crippen LogP contribution in [0, 0.1) is 0 Å². The molecule has 0 aliphatic heterocycles. The van der Waals surface area contributed by atoms with Crippen LogP contribution in [-0.4, -0.2) is 20.7 Å². The molecule has 2 aromatic carbocycles. The Morgan fingerprint density at radius 1 is 1.04 bits per heavy atom. The molecular weight excluding hydrogens is 290 g/mol. The fourth-order valence-electron chi connectivity index (χ4n) is 2.23. The maximum Gasteiger partial charge on any atom is 0.267 e. The molecule has 1 heterocycles. The van der Waals surface area contributed by atoms with Gasteiger partial charge in [-0.3, -0.25) is 10.0 Å². The van der Waals surface area contributed by atoms with Crippen molar-refractivity contribution in [2.24, 2.45) is 0 Å². The smallest absolute Gasteiger partial charge is 0.267 e. The fraction of sp³-hybridized carbons (Fsp3) is 0. The first kappa shape index (κ1) is 14.7. The van der Waals surface area contributed by atoms with Crippen molar-refractivity contribution in [3.05, 3.63) is 78.9 Å². The molecule has 1 aromatic heterocycles. The standard InChI is InChI=1S/C18H15N3O2/c22-18(20-23)10-3-14-1-4-15(5-2-14)16-6-8-17(9-7-16)21-12-11-19-13-21/h1-13,23H,(H,20,22)/b10-3+. The van der Waals surface area contributed by atoms with Crippen LogP contribution in [-0.2, 0) is 4.79 Å². The van der Waals surface area contributed by atoms with Crippen molar-refractivity contribution in [1.29, 1.82) is 0 Å².